The predicted molar refractivity (Wildman–Crippen MR) is 131 cm³/mol. The Morgan fingerprint density at radius 2 is 0.643 bits per heavy atom. The van der Waals surface area contributed by atoms with Gasteiger partial charge in [0, 0.05) is 9.79 Å². The first kappa shape index (κ1) is 20.7. The zero-order valence-corrected chi connectivity index (χ0v) is 21.6. The van der Waals surface area contributed by atoms with Gasteiger partial charge in [0.15, 0.2) is 11.6 Å². The minimum atomic E-state index is -0.701. The fourth-order valence-corrected chi connectivity index (χ4v) is 13.7. The van der Waals surface area contributed by atoms with Gasteiger partial charge in [-0.3, -0.25) is 0 Å². The van der Waals surface area contributed by atoms with Crippen molar-refractivity contribution in [3.05, 3.63) is 48.2 Å². The average molecular weight is 523 g/mol. The summed E-state index contributed by atoms with van der Waals surface area (Å²) >= 11 is 12.9. The molecule has 146 valence electrons. The SMILES string of the molecule is CC1=C(C)SC(=C2Sc3c(F)c(F)c4c(c3S2)SC(=C2SC(C)=C(C)S2)S4)S1. The van der Waals surface area contributed by atoms with Crippen molar-refractivity contribution in [2.45, 2.75) is 47.3 Å². The van der Waals surface area contributed by atoms with Gasteiger partial charge in [-0.05, 0) is 47.3 Å². The molecule has 4 aliphatic rings. The molecule has 1 aromatic rings. The van der Waals surface area contributed by atoms with Crippen LogP contribution in [-0.4, -0.2) is 0 Å². The monoisotopic (exact) mass is 522 g/mol. The molecule has 0 saturated carbocycles. The highest BCUT2D eigenvalue weighted by atomic mass is 32.2. The van der Waals surface area contributed by atoms with E-state index in [2.05, 4.69) is 27.7 Å². The van der Waals surface area contributed by atoms with Gasteiger partial charge in [-0.15, -0.1) is 0 Å². The highest BCUT2D eigenvalue weighted by molar-refractivity contribution is 8.34. The number of benzene rings is 1. The van der Waals surface area contributed by atoms with Crippen LogP contribution in [0.5, 0.6) is 0 Å². The summed E-state index contributed by atoms with van der Waals surface area (Å²) in [5.41, 5.74) is 0. The van der Waals surface area contributed by atoms with E-state index in [1.165, 1.54) is 51.6 Å². The third-order valence-corrected chi connectivity index (χ3v) is 15.9. The molecule has 0 N–H and O–H groups in total. The number of rotatable bonds is 0. The average Bonchev–Trinajstić information content (AvgIpc) is 3.40. The third kappa shape index (κ3) is 3.38. The molecular formula is C18H12F2S8. The Morgan fingerprint density at radius 1 is 0.393 bits per heavy atom. The summed E-state index contributed by atoms with van der Waals surface area (Å²) in [6.07, 6.45) is 0. The van der Waals surface area contributed by atoms with Crippen LogP contribution in [0.1, 0.15) is 27.7 Å². The van der Waals surface area contributed by atoms with Gasteiger partial charge in [-0.2, -0.15) is 0 Å². The number of halogens is 2. The molecule has 1 aromatic carbocycles. The maximum absolute atomic E-state index is 14.9. The van der Waals surface area contributed by atoms with Gasteiger partial charge in [-0.1, -0.05) is 94.1 Å². The van der Waals surface area contributed by atoms with Crippen molar-refractivity contribution in [2.75, 3.05) is 0 Å². The van der Waals surface area contributed by atoms with Crippen LogP contribution in [0, 0.1) is 11.6 Å². The molecule has 10 heteroatoms. The molecule has 28 heavy (non-hydrogen) atoms. The molecule has 0 spiro atoms. The van der Waals surface area contributed by atoms with Crippen molar-refractivity contribution in [2.24, 2.45) is 0 Å². The first-order valence-electron chi connectivity index (χ1n) is 8.14. The lowest BCUT2D eigenvalue weighted by Crippen LogP contribution is -1.92. The molecule has 5 rings (SSSR count). The molecule has 0 amide bonds. The highest BCUT2D eigenvalue weighted by Crippen LogP contribution is 2.68. The molecule has 0 saturated heterocycles. The van der Waals surface area contributed by atoms with Gasteiger partial charge in [0.25, 0.3) is 0 Å². The maximum atomic E-state index is 14.9. The maximum Gasteiger partial charge on any atom is 0.175 e. The van der Waals surface area contributed by atoms with E-state index in [1.807, 2.05) is 0 Å². The van der Waals surface area contributed by atoms with Gasteiger partial charge >= 0.3 is 0 Å². The van der Waals surface area contributed by atoms with Gasteiger partial charge in [-0.25, -0.2) is 8.78 Å². The van der Waals surface area contributed by atoms with E-state index < -0.39 is 11.6 Å². The van der Waals surface area contributed by atoms with Gasteiger partial charge in [0.2, 0.25) is 0 Å². The number of allylic oxidation sites excluding steroid dienone is 4. The highest BCUT2D eigenvalue weighted by Gasteiger charge is 2.38. The Labute approximate surface area is 196 Å². The van der Waals surface area contributed by atoms with Crippen LogP contribution in [0.3, 0.4) is 0 Å². The molecule has 0 unspecified atom stereocenters. The lowest BCUT2D eigenvalue weighted by molar-refractivity contribution is 0.462. The number of hydrogen-bond acceptors (Lipinski definition) is 8. The molecule has 0 nitrogen and oxygen atoms in total. The zero-order valence-electron chi connectivity index (χ0n) is 15.0. The Balaban J connectivity index is 1.53. The molecule has 0 fully saturated rings. The summed E-state index contributed by atoms with van der Waals surface area (Å²) in [7, 11) is 0. The summed E-state index contributed by atoms with van der Waals surface area (Å²) in [6, 6.07) is 0. The van der Waals surface area contributed by atoms with Gasteiger partial charge in [0.05, 0.1) is 26.7 Å². The topological polar surface area (TPSA) is 0 Å². The molecule has 0 atom stereocenters. The van der Waals surface area contributed by atoms with Crippen molar-refractivity contribution in [1.82, 2.24) is 0 Å². The molecule has 0 aromatic heterocycles. The van der Waals surface area contributed by atoms with Crippen LogP contribution < -0.4 is 0 Å². The molecule has 4 aliphatic heterocycles. The fourth-order valence-electron chi connectivity index (χ4n) is 2.60. The quantitative estimate of drug-likeness (QED) is 0.326. The van der Waals surface area contributed by atoms with Crippen LogP contribution in [0.4, 0.5) is 8.78 Å². The summed E-state index contributed by atoms with van der Waals surface area (Å²) in [5.74, 6) is -1.40. The molecular weight excluding hydrogens is 511 g/mol. The van der Waals surface area contributed by atoms with Crippen molar-refractivity contribution in [1.29, 1.82) is 0 Å². The molecule has 4 heterocycles. The summed E-state index contributed by atoms with van der Waals surface area (Å²) in [4.78, 5) is 7.80. The lowest BCUT2D eigenvalue weighted by Gasteiger charge is -2.06. The van der Waals surface area contributed by atoms with Crippen LogP contribution in [0.25, 0.3) is 0 Å². The van der Waals surface area contributed by atoms with E-state index in [0.29, 0.717) is 9.79 Å². The van der Waals surface area contributed by atoms with Crippen LogP contribution in [-0.2, 0) is 0 Å². The fraction of sp³-hybridized carbons (Fsp3) is 0.222. The van der Waals surface area contributed by atoms with E-state index >= 15 is 0 Å². The summed E-state index contributed by atoms with van der Waals surface area (Å²) in [5, 5.41) is 0. The molecule has 0 radical (unpaired) electrons. The lowest BCUT2D eigenvalue weighted by atomic mass is 10.3. The standard InChI is InChI=1S/C18H12F2S8/c1-5-6(2)22-15(21-5)17-25-11-9(19)10(20)12-14(13(11)27-17)28-18(26-12)16-23-7(3)8(4)24-16/h1-4H3. The van der Waals surface area contributed by atoms with E-state index in [-0.39, 0.29) is 0 Å². The van der Waals surface area contributed by atoms with E-state index in [9.17, 15) is 8.78 Å². The second-order valence-corrected chi connectivity index (χ2v) is 16.2. The Hall–Kier alpha value is 0.840. The number of hydrogen-bond donors (Lipinski definition) is 0. The first-order valence-corrected chi connectivity index (χ1v) is 14.7. The van der Waals surface area contributed by atoms with Gasteiger partial charge < -0.3 is 0 Å². The van der Waals surface area contributed by atoms with E-state index in [4.69, 9.17) is 0 Å². The summed E-state index contributed by atoms with van der Waals surface area (Å²) < 4.78 is 34.3. The smallest absolute Gasteiger partial charge is 0.175 e. The third-order valence-electron chi connectivity index (χ3n) is 4.30. The number of thioether (sulfide) groups is 8. The molecule has 0 aliphatic carbocycles. The Bertz CT molecular complexity index is 963. The van der Waals surface area contributed by atoms with Crippen LogP contribution >= 0.6 is 94.1 Å². The van der Waals surface area contributed by atoms with Crippen LogP contribution in [0.2, 0.25) is 0 Å². The first-order chi connectivity index (χ1) is 13.3. The summed E-state index contributed by atoms with van der Waals surface area (Å²) in [6.45, 7) is 8.43. The Kier molecular flexibility index (Phi) is 5.74. The molecule has 0 bridgehead atoms. The zero-order chi connectivity index (χ0) is 19.7. The van der Waals surface area contributed by atoms with Crippen molar-refractivity contribution in [3.8, 4) is 0 Å². The second kappa shape index (κ2) is 7.76. The van der Waals surface area contributed by atoms with Crippen LogP contribution in [0.15, 0.2) is 56.2 Å². The largest absolute Gasteiger partial charge is 0.202 e. The minimum Gasteiger partial charge on any atom is -0.202 e. The second-order valence-electron chi connectivity index (χ2n) is 6.14. The van der Waals surface area contributed by atoms with Crippen molar-refractivity contribution < 1.29 is 8.78 Å². The van der Waals surface area contributed by atoms with Crippen molar-refractivity contribution in [3.63, 3.8) is 0 Å². The van der Waals surface area contributed by atoms with E-state index in [0.717, 1.165) is 18.3 Å². The van der Waals surface area contributed by atoms with E-state index in [1.54, 1.807) is 70.6 Å². The number of fused-ring (bicyclic) bond motifs is 3. The normalized spacial score (nSPS) is 21.6. The predicted octanol–water partition coefficient (Wildman–Crippen LogP) is 10.1. The Morgan fingerprint density at radius 3 is 0.964 bits per heavy atom. The van der Waals surface area contributed by atoms with Crippen molar-refractivity contribution >= 4 is 94.1 Å². The van der Waals surface area contributed by atoms with Gasteiger partial charge in [0.1, 0.15) is 0 Å². The minimum absolute atomic E-state index is 0.448.